The molecule has 0 aliphatic heterocycles. The van der Waals surface area contributed by atoms with Gasteiger partial charge in [0.15, 0.2) is 0 Å². The maximum atomic E-state index is 10.9. The number of carboxylic acid groups (broad SMARTS) is 1. The first-order valence-electron chi connectivity index (χ1n) is 5.04. The molecular weight excluding hydrogens is 238 g/mol. The van der Waals surface area contributed by atoms with Crippen molar-refractivity contribution in [1.82, 2.24) is 4.98 Å². The number of rotatable bonds is 2. The third-order valence-electron chi connectivity index (χ3n) is 2.41. The number of nitrogens with zero attached hydrogens (tertiary/aromatic N) is 1. The molecule has 0 unspecified atom stereocenters. The Balaban J connectivity index is 2.53. The molecule has 0 amide bonds. The third kappa shape index (κ3) is 2.45. The number of carboxylic acids is 1. The van der Waals surface area contributed by atoms with E-state index in [2.05, 4.69) is 4.98 Å². The molecule has 1 aromatic carbocycles. The predicted octanol–water partition coefficient (Wildman–Crippen LogP) is 3.41. The van der Waals surface area contributed by atoms with Crippen molar-refractivity contribution in [1.29, 1.82) is 0 Å². The van der Waals surface area contributed by atoms with E-state index in [9.17, 15) is 4.79 Å². The third-order valence-corrected chi connectivity index (χ3v) is 2.72. The van der Waals surface area contributed by atoms with E-state index in [-0.39, 0.29) is 5.56 Å². The number of aryl methyl sites for hydroxylation is 1. The number of carbonyl (C=O) groups is 1. The monoisotopic (exact) mass is 247 g/mol. The van der Waals surface area contributed by atoms with Crippen LogP contribution in [0.3, 0.4) is 0 Å². The molecule has 2 rings (SSSR count). The largest absolute Gasteiger partial charge is 0.478 e. The second-order valence-electron chi connectivity index (χ2n) is 3.72. The molecule has 0 fully saturated rings. The molecule has 0 saturated carbocycles. The molecule has 17 heavy (non-hydrogen) atoms. The Bertz CT molecular complexity index is 581. The highest BCUT2D eigenvalue weighted by molar-refractivity contribution is 6.33. The molecule has 0 aliphatic carbocycles. The minimum absolute atomic E-state index is 0.201. The fourth-order valence-corrected chi connectivity index (χ4v) is 1.87. The summed E-state index contributed by atoms with van der Waals surface area (Å²) in [6.45, 7) is 1.94. The van der Waals surface area contributed by atoms with Crippen molar-refractivity contribution in [3.05, 3.63) is 52.7 Å². The lowest BCUT2D eigenvalue weighted by Crippen LogP contribution is -1.97. The second-order valence-corrected chi connectivity index (χ2v) is 4.13. The van der Waals surface area contributed by atoms with Crippen LogP contribution in [0, 0.1) is 6.92 Å². The summed E-state index contributed by atoms with van der Waals surface area (Å²) in [4.78, 5) is 15.0. The Hall–Kier alpha value is -1.87. The van der Waals surface area contributed by atoms with Gasteiger partial charge in [-0.2, -0.15) is 0 Å². The minimum atomic E-state index is -0.975. The maximum Gasteiger partial charge on any atom is 0.335 e. The zero-order valence-electron chi connectivity index (χ0n) is 9.14. The van der Waals surface area contributed by atoms with Crippen LogP contribution < -0.4 is 0 Å². The van der Waals surface area contributed by atoms with Gasteiger partial charge < -0.3 is 5.11 Å². The van der Waals surface area contributed by atoms with Gasteiger partial charge in [0, 0.05) is 11.8 Å². The summed E-state index contributed by atoms with van der Waals surface area (Å²) in [7, 11) is 0. The van der Waals surface area contributed by atoms with E-state index in [1.807, 2.05) is 25.1 Å². The first-order chi connectivity index (χ1) is 8.08. The van der Waals surface area contributed by atoms with Crippen LogP contribution in [0.1, 0.15) is 15.9 Å². The van der Waals surface area contributed by atoms with Crippen molar-refractivity contribution < 1.29 is 9.90 Å². The Labute approximate surface area is 104 Å². The lowest BCUT2D eigenvalue weighted by molar-refractivity contribution is 0.0697. The van der Waals surface area contributed by atoms with Gasteiger partial charge >= 0.3 is 5.97 Å². The van der Waals surface area contributed by atoms with Crippen molar-refractivity contribution >= 4 is 17.6 Å². The Kier molecular flexibility index (Phi) is 3.11. The van der Waals surface area contributed by atoms with Crippen LogP contribution in [0.5, 0.6) is 0 Å². The molecule has 0 aliphatic rings. The van der Waals surface area contributed by atoms with Crippen LogP contribution in [-0.2, 0) is 0 Å². The van der Waals surface area contributed by atoms with E-state index in [1.54, 1.807) is 0 Å². The van der Waals surface area contributed by atoms with Crippen molar-refractivity contribution in [2.75, 3.05) is 0 Å². The highest BCUT2D eigenvalue weighted by Crippen LogP contribution is 2.27. The van der Waals surface area contributed by atoms with Crippen LogP contribution in [-0.4, -0.2) is 16.1 Å². The van der Waals surface area contributed by atoms with Crippen LogP contribution in [0.2, 0.25) is 5.02 Å². The van der Waals surface area contributed by atoms with Gasteiger partial charge in [-0.3, -0.25) is 4.98 Å². The van der Waals surface area contributed by atoms with Gasteiger partial charge in [0.2, 0.25) is 0 Å². The van der Waals surface area contributed by atoms with Crippen LogP contribution >= 0.6 is 11.6 Å². The summed E-state index contributed by atoms with van der Waals surface area (Å²) >= 11 is 6.11. The fraction of sp³-hybridized carbons (Fsp3) is 0.0769. The van der Waals surface area contributed by atoms with E-state index in [1.165, 1.54) is 18.3 Å². The topological polar surface area (TPSA) is 50.2 Å². The number of hydrogen-bond donors (Lipinski definition) is 1. The molecule has 0 saturated heterocycles. The number of hydrogen-bond acceptors (Lipinski definition) is 2. The van der Waals surface area contributed by atoms with E-state index in [4.69, 9.17) is 16.7 Å². The maximum absolute atomic E-state index is 10.9. The SMILES string of the molecule is Cc1ccc(-c2cc(C(=O)O)ccn2)c(Cl)c1. The highest BCUT2D eigenvalue weighted by Gasteiger charge is 2.08. The van der Waals surface area contributed by atoms with Gasteiger partial charge in [0.1, 0.15) is 0 Å². The quantitative estimate of drug-likeness (QED) is 0.885. The molecule has 0 atom stereocenters. The molecule has 86 valence electrons. The van der Waals surface area contributed by atoms with Gasteiger partial charge in [-0.25, -0.2) is 4.79 Å². The van der Waals surface area contributed by atoms with Gasteiger partial charge in [0.05, 0.1) is 16.3 Å². The van der Waals surface area contributed by atoms with Crippen molar-refractivity contribution in [3.8, 4) is 11.3 Å². The van der Waals surface area contributed by atoms with Gasteiger partial charge in [-0.05, 0) is 30.7 Å². The van der Waals surface area contributed by atoms with Crippen LogP contribution in [0.25, 0.3) is 11.3 Å². The molecule has 2 aromatic rings. The van der Waals surface area contributed by atoms with E-state index >= 15 is 0 Å². The molecule has 0 bridgehead atoms. The zero-order chi connectivity index (χ0) is 12.4. The van der Waals surface area contributed by atoms with Crippen molar-refractivity contribution in [2.45, 2.75) is 6.92 Å². The molecule has 3 nitrogen and oxygen atoms in total. The number of halogens is 1. The van der Waals surface area contributed by atoms with Crippen LogP contribution in [0.15, 0.2) is 36.5 Å². The van der Waals surface area contributed by atoms with Gasteiger partial charge in [-0.1, -0.05) is 23.7 Å². The predicted molar refractivity (Wildman–Crippen MR) is 66.4 cm³/mol. The van der Waals surface area contributed by atoms with Crippen molar-refractivity contribution in [2.24, 2.45) is 0 Å². The number of pyridine rings is 1. The summed E-state index contributed by atoms with van der Waals surface area (Å²) in [5.74, 6) is -0.975. The average Bonchev–Trinajstić information content (AvgIpc) is 2.29. The fourth-order valence-electron chi connectivity index (χ4n) is 1.54. The lowest BCUT2D eigenvalue weighted by Gasteiger charge is -2.05. The van der Waals surface area contributed by atoms with E-state index < -0.39 is 5.97 Å². The normalized spacial score (nSPS) is 10.2. The number of benzene rings is 1. The van der Waals surface area contributed by atoms with E-state index in [0.29, 0.717) is 10.7 Å². The summed E-state index contributed by atoms with van der Waals surface area (Å²) in [5, 5.41) is 9.48. The number of aromatic nitrogens is 1. The molecule has 1 heterocycles. The van der Waals surface area contributed by atoms with Gasteiger partial charge in [-0.15, -0.1) is 0 Å². The molecular formula is C13H10ClNO2. The summed E-state index contributed by atoms with van der Waals surface area (Å²) in [6.07, 6.45) is 1.47. The lowest BCUT2D eigenvalue weighted by atomic mass is 10.1. The Morgan fingerprint density at radius 3 is 2.71 bits per heavy atom. The Morgan fingerprint density at radius 1 is 1.29 bits per heavy atom. The molecule has 1 N–H and O–H groups in total. The smallest absolute Gasteiger partial charge is 0.335 e. The average molecular weight is 248 g/mol. The standard InChI is InChI=1S/C13H10ClNO2/c1-8-2-3-10(11(14)6-8)12-7-9(13(16)17)4-5-15-12/h2-7H,1H3,(H,16,17). The first kappa shape index (κ1) is 11.6. The summed E-state index contributed by atoms with van der Waals surface area (Å²) in [6, 6.07) is 8.54. The minimum Gasteiger partial charge on any atom is -0.478 e. The molecule has 4 heteroatoms. The Morgan fingerprint density at radius 2 is 2.06 bits per heavy atom. The van der Waals surface area contributed by atoms with Gasteiger partial charge in [0.25, 0.3) is 0 Å². The zero-order valence-corrected chi connectivity index (χ0v) is 9.90. The first-order valence-corrected chi connectivity index (χ1v) is 5.41. The van der Waals surface area contributed by atoms with Crippen LogP contribution in [0.4, 0.5) is 0 Å². The van der Waals surface area contributed by atoms with E-state index in [0.717, 1.165) is 11.1 Å². The summed E-state index contributed by atoms with van der Waals surface area (Å²) < 4.78 is 0. The van der Waals surface area contributed by atoms with Crippen molar-refractivity contribution in [3.63, 3.8) is 0 Å². The highest BCUT2D eigenvalue weighted by atomic mass is 35.5. The second kappa shape index (κ2) is 4.55. The molecule has 1 aromatic heterocycles. The molecule has 0 radical (unpaired) electrons. The summed E-state index contributed by atoms with van der Waals surface area (Å²) in [5.41, 5.74) is 2.55. The number of aromatic carboxylic acids is 1. The molecule has 0 spiro atoms.